The molecule has 1 aromatic carbocycles. The number of carboxylic acid groups (broad SMARTS) is 1. The minimum Gasteiger partial charge on any atom is -0.479 e. The summed E-state index contributed by atoms with van der Waals surface area (Å²) < 4.78 is 1.11. The first-order valence-corrected chi connectivity index (χ1v) is 6.25. The zero-order chi connectivity index (χ0) is 15.0. The maximum Gasteiger partial charge on any atom is 0.334 e. The molecule has 0 radical (unpaired) electrons. The lowest BCUT2D eigenvalue weighted by atomic mass is 9.91. The first-order chi connectivity index (χ1) is 10.0. The van der Waals surface area contributed by atoms with Crippen LogP contribution in [0.3, 0.4) is 0 Å². The third-order valence-electron chi connectivity index (χ3n) is 3.60. The number of aromatic nitrogens is 4. The van der Waals surface area contributed by atoms with Gasteiger partial charge in [0.2, 0.25) is 0 Å². The van der Waals surface area contributed by atoms with Gasteiger partial charge in [-0.3, -0.25) is 14.5 Å². The van der Waals surface area contributed by atoms with Gasteiger partial charge in [0.15, 0.2) is 11.2 Å². The van der Waals surface area contributed by atoms with Crippen molar-refractivity contribution in [2.45, 2.75) is 12.5 Å². The summed E-state index contributed by atoms with van der Waals surface area (Å²) in [5, 5.41) is 16.3. The molecular formula is C14H12N4O3. The SMILES string of the molecule is CC(C(=O)O)(c1ccccc1)n1cnc2[nH]ncc2c1=O. The smallest absolute Gasteiger partial charge is 0.334 e. The van der Waals surface area contributed by atoms with Gasteiger partial charge in [-0.25, -0.2) is 9.78 Å². The van der Waals surface area contributed by atoms with E-state index in [2.05, 4.69) is 15.2 Å². The van der Waals surface area contributed by atoms with Gasteiger partial charge in [-0.05, 0) is 12.5 Å². The second-order valence-corrected chi connectivity index (χ2v) is 4.80. The molecule has 2 N–H and O–H groups in total. The van der Waals surface area contributed by atoms with Crippen LogP contribution in [-0.2, 0) is 10.3 Å². The number of benzene rings is 1. The van der Waals surface area contributed by atoms with Crippen molar-refractivity contribution < 1.29 is 9.90 Å². The highest BCUT2D eigenvalue weighted by Crippen LogP contribution is 2.25. The molecule has 106 valence electrons. The number of nitrogens with zero attached hydrogens (tertiary/aromatic N) is 3. The molecule has 2 aromatic heterocycles. The van der Waals surface area contributed by atoms with Gasteiger partial charge in [-0.2, -0.15) is 5.10 Å². The van der Waals surface area contributed by atoms with E-state index in [1.807, 2.05) is 0 Å². The molecule has 7 nitrogen and oxygen atoms in total. The summed E-state index contributed by atoms with van der Waals surface area (Å²) >= 11 is 0. The number of carboxylic acids is 1. The Balaban J connectivity index is 2.33. The van der Waals surface area contributed by atoms with Crippen molar-refractivity contribution in [3.05, 3.63) is 58.8 Å². The highest BCUT2D eigenvalue weighted by Gasteiger charge is 2.38. The number of aliphatic carboxylic acids is 1. The molecule has 7 heteroatoms. The van der Waals surface area contributed by atoms with Gasteiger partial charge in [0.05, 0.1) is 6.20 Å². The quantitative estimate of drug-likeness (QED) is 0.746. The summed E-state index contributed by atoms with van der Waals surface area (Å²) in [4.78, 5) is 28.4. The fourth-order valence-corrected chi connectivity index (χ4v) is 2.28. The van der Waals surface area contributed by atoms with E-state index >= 15 is 0 Å². The summed E-state index contributed by atoms with van der Waals surface area (Å²) in [7, 11) is 0. The standard InChI is InChI=1S/C14H12N4O3/c1-14(13(20)21,9-5-3-2-4-6-9)18-8-15-11-10(12(18)19)7-16-17-11/h2-8H,1H3,(H,16,17)(H,20,21). The zero-order valence-corrected chi connectivity index (χ0v) is 11.1. The lowest BCUT2D eigenvalue weighted by molar-refractivity contribution is -0.144. The molecule has 1 atom stereocenters. The molecule has 0 fully saturated rings. The number of hydrogen-bond acceptors (Lipinski definition) is 4. The van der Waals surface area contributed by atoms with Gasteiger partial charge in [0.25, 0.3) is 5.56 Å². The highest BCUT2D eigenvalue weighted by atomic mass is 16.4. The van der Waals surface area contributed by atoms with Crippen LogP contribution in [0.15, 0.2) is 47.7 Å². The molecule has 0 amide bonds. The van der Waals surface area contributed by atoms with Gasteiger partial charge < -0.3 is 5.11 Å². The normalized spacial score (nSPS) is 14.0. The third-order valence-corrected chi connectivity index (χ3v) is 3.60. The van der Waals surface area contributed by atoms with Gasteiger partial charge in [-0.1, -0.05) is 30.3 Å². The number of fused-ring (bicyclic) bond motifs is 1. The van der Waals surface area contributed by atoms with Gasteiger partial charge in [-0.15, -0.1) is 0 Å². The maximum absolute atomic E-state index is 12.5. The van der Waals surface area contributed by atoms with Crippen molar-refractivity contribution in [3.8, 4) is 0 Å². The average molecular weight is 284 g/mol. The van der Waals surface area contributed by atoms with Crippen LogP contribution in [0.2, 0.25) is 0 Å². The third kappa shape index (κ3) is 1.82. The van der Waals surface area contributed by atoms with Crippen LogP contribution in [0.5, 0.6) is 0 Å². The summed E-state index contributed by atoms with van der Waals surface area (Å²) in [6.45, 7) is 1.47. The Bertz CT molecular complexity index is 869. The molecule has 0 aliphatic carbocycles. The Hall–Kier alpha value is -2.96. The Kier molecular flexibility index (Phi) is 2.83. The van der Waals surface area contributed by atoms with Crippen LogP contribution in [0, 0.1) is 0 Å². The molecular weight excluding hydrogens is 272 g/mol. The van der Waals surface area contributed by atoms with Gasteiger partial charge in [0, 0.05) is 0 Å². The fourth-order valence-electron chi connectivity index (χ4n) is 2.28. The van der Waals surface area contributed by atoms with E-state index < -0.39 is 17.1 Å². The van der Waals surface area contributed by atoms with Gasteiger partial charge >= 0.3 is 5.97 Å². The molecule has 2 heterocycles. The van der Waals surface area contributed by atoms with E-state index in [1.54, 1.807) is 30.3 Å². The zero-order valence-electron chi connectivity index (χ0n) is 11.1. The lowest BCUT2D eigenvalue weighted by Crippen LogP contribution is -2.46. The van der Waals surface area contributed by atoms with E-state index in [9.17, 15) is 14.7 Å². The molecule has 21 heavy (non-hydrogen) atoms. The predicted octanol–water partition coefficient (Wildman–Crippen LogP) is 0.968. The summed E-state index contributed by atoms with van der Waals surface area (Å²) in [6.07, 6.45) is 2.57. The number of carbonyl (C=O) groups is 1. The highest BCUT2D eigenvalue weighted by molar-refractivity contribution is 5.81. The van der Waals surface area contributed by atoms with Crippen LogP contribution in [0.1, 0.15) is 12.5 Å². The molecule has 0 saturated carbocycles. The van der Waals surface area contributed by atoms with Crippen molar-refractivity contribution in [3.63, 3.8) is 0 Å². The van der Waals surface area contributed by atoms with Crippen molar-refractivity contribution in [2.75, 3.05) is 0 Å². The van der Waals surface area contributed by atoms with Crippen molar-refractivity contribution in [1.82, 2.24) is 19.7 Å². The number of hydrogen-bond donors (Lipinski definition) is 2. The summed E-state index contributed by atoms with van der Waals surface area (Å²) in [6, 6.07) is 8.57. The molecule has 0 aliphatic rings. The number of H-pyrrole nitrogens is 1. The molecule has 0 spiro atoms. The molecule has 0 bridgehead atoms. The van der Waals surface area contributed by atoms with E-state index in [0.717, 1.165) is 4.57 Å². The van der Waals surface area contributed by atoms with Gasteiger partial charge in [0.1, 0.15) is 11.7 Å². The van der Waals surface area contributed by atoms with E-state index in [0.29, 0.717) is 11.2 Å². The summed E-state index contributed by atoms with van der Waals surface area (Å²) in [5.74, 6) is -1.14. The number of rotatable bonds is 3. The van der Waals surface area contributed by atoms with E-state index in [-0.39, 0.29) is 5.39 Å². The topological polar surface area (TPSA) is 101 Å². The molecule has 1 unspecified atom stereocenters. The summed E-state index contributed by atoms with van der Waals surface area (Å²) in [5.41, 5.74) is -1.18. The van der Waals surface area contributed by atoms with Crippen LogP contribution >= 0.6 is 0 Å². The van der Waals surface area contributed by atoms with E-state index in [1.165, 1.54) is 19.4 Å². The Morgan fingerprint density at radius 1 is 1.33 bits per heavy atom. The second kappa shape index (κ2) is 4.55. The Morgan fingerprint density at radius 2 is 2.05 bits per heavy atom. The molecule has 3 aromatic rings. The minimum absolute atomic E-state index is 0.251. The second-order valence-electron chi connectivity index (χ2n) is 4.80. The van der Waals surface area contributed by atoms with Crippen LogP contribution in [-0.4, -0.2) is 30.8 Å². The molecule has 0 aliphatic heterocycles. The first-order valence-electron chi connectivity index (χ1n) is 6.25. The monoisotopic (exact) mass is 284 g/mol. The Labute approximate surface area is 118 Å². The largest absolute Gasteiger partial charge is 0.479 e. The Morgan fingerprint density at radius 3 is 2.71 bits per heavy atom. The molecule has 3 rings (SSSR count). The average Bonchev–Trinajstić information content (AvgIpc) is 2.97. The molecule has 0 saturated heterocycles. The number of aromatic amines is 1. The van der Waals surface area contributed by atoms with Crippen LogP contribution in [0.25, 0.3) is 11.0 Å². The van der Waals surface area contributed by atoms with Crippen molar-refractivity contribution in [2.24, 2.45) is 0 Å². The lowest BCUT2D eigenvalue weighted by Gasteiger charge is -2.27. The predicted molar refractivity (Wildman–Crippen MR) is 75.0 cm³/mol. The number of nitrogens with one attached hydrogen (secondary N) is 1. The first kappa shape index (κ1) is 13.0. The maximum atomic E-state index is 12.5. The van der Waals surface area contributed by atoms with E-state index in [4.69, 9.17) is 0 Å². The van der Waals surface area contributed by atoms with Crippen LogP contribution < -0.4 is 5.56 Å². The van der Waals surface area contributed by atoms with Crippen LogP contribution in [0.4, 0.5) is 0 Å². The fraction of sp³-hybridized carbons (Fsp3) is 0.143. The van der Waals surface area contributed by atoms with Crippen molar-refractivity contribution in [1.29, 1.82) is 0 Å². The van der Waals surface area contributed by atoms with Crippen molar-refractivity contribution >= 4 is 17.0 Å². The minimum atomic E-state index is -1.54.